The molecule has 1 saturated carbocycles. The van der Waals surface area contributed by atoms with Gasteiger partial charge in [-0.15, -0.1) is 0 Å². The number of aryl methyl sites for hydroxylation is 1. The van der Waals surface area contributed by atoms with Crippen LogP contribution in [-0.2, 0) is 9.84 Å². The van der Waals surface area contributed by atoms with Crippen LogP contribution in [0.5, 0.6) is 0 Å². The van der Waals surface area contributed by atoms with Crippen LogP contribution in [0.2, 0.25) is 0 Å². The van der Waals surface area contributed by atoms with Crippen LogP contribution in [0.4, 0.5) is 0 Å². The third kappa shape index (κ3) is 3.13. The van der Waals surface area contributed by atoms with E-state index in [0.29, 0.717) is 11.3 Å². The molecule has 3 nitrogen and oxygen atoms in total. The molecule has 0 aromatic heterocycles. The molecule has 2 atom stereocenters. The summed E-state index contributed by atoms with van der Waals surface area (Å²) in [5.74, 6) is 0. The number of rotatable bonds is 3. The van der Waals surface area contributed by atoms with Gasteiger partial charge in [0.1, 0.15) is 5.40 Å². The van der Waals surface area contributed by atoms with Crippen molar-refractivity contribution in [3.8, 4) is 5.40 Å². The van der Waals surface area contributed by atoms with Crippen molar-refractivity contribution in [1.29, 1.82) is 5.26 Å². The highest BCUT2D eigenvalue weighted by Gasteiger charge is 2.36. The van der Waals surface area contributed by atoms with Crippen molar-refractivity contribution in [3.63, 3.8) is 0 Å². The summed E-state index contributed by atoms with van der Waals surface area (Å²) in [6, 6.07) is 6.99. The Morgan fingerprint density at radius 1 is 1.21 bits per heavy atom. The van der Waals surface area contributed by atoms with Crippen LogP contribution in [0, 0.1) is 17.6 Å². The van der Waals surface area contributed by atoms with Gasteiger partial charge in [0.15, 0.2) is 9.84 Å². The molecule has 0 aliphatic heterocycles. The molecule has 1 aliphatic carbocycles. The van der Waals surface area contributed by atoms with Crippen molar-refractivity contribution < 1.29 is 8.42 Å². The molecule has 1 fully saturated rings. The summed E-state index contributed by atoms with van der Waals surface area (Å²) < 4.78 is 25.3. The van der Waals surface area contributed by atoms with E-state index in [1.165, 1.54) is 0 Å². The first-order valence-corrected chi connectivity index (χ1v) is 8.83. The second-order valence-electron chi connectivity index (χ2n) is 4.93. The number of hydrogen-bond donors (Lipinski definition) is 0. The normalized spacial score (nSPS) is 23.8. The molecular formula is C14H17NO2S2. The van der Waals surface area contributed by atoms with Crippen molar-refractivity contribution in [1.82, 2.24) is 0 Å². The molecule has 5 heteroatoms. The maximum atomic E-state index is 12.7. The molecule has 1 aliphatic rings. The van der Waals surface area contributed by atoms with Crippen molar-refractivity contribution in [2.24, 2.45) is 0 Å². The standard InChI is InChI=1S/C14H17NO2S2/c1-11-6-8-12(9-7-11)19(16,17)14-5-3-2-4-13(14)18-10-15/h6-9,13-14H,2-5H2,1H3. The van der Waals surface area contributed by atoms with Gasteiger partial charge in [-0.3, -0.25) is 0 Å². The lowest BCUT2D eigenvalue weighted by Crippen LogP contribution is -2.34. The van der Waals surface area contributed by atoms with Gasteiger partial charge in [0.2, 0.25) is 0 Å². The summed E-state index contributed by atoms with van der Waals surface area (Å²) in [6.07, 6.45) is 3.42. The SMILES string of the molecule is Cc1ccc(S(=O)(=O)C2CCCCC2SC#N)cc1. The molecule has 0 radical (unpaired) electrons. The smallest absolute Gasteiger partial charge is 0.182 e. The number of nitriles is 1. The lowest BCUT2D eigenvalue weighted by atomic mass is 10.00. The predicted octanol–water partition coefficient (Wildman–Crippen LogP) is 3.29. The fraction of sp³-hybridized carbons (Fsp3) is 0.500. The number of hydrogen-bond acceptors (Lipinski definition) is 4. The number of thioether (sulfide) groups is 1. The van der Waals surface area contributed by atoms with Crippen LogP contribution in [0.25, 0.3) is 0 Å². The fourth-order valence-corrected chi connectivity index (χ4v) is 5.71. The van der Waals surface area contributed by atoms with Gasteiger partial charge in [-0.25, -0.2) is 8.42 Å². The first kappa shape index (κ1) is 14.4. The molecule has 0 spiro atoms. The molecule has 0 heterocycles. The molecule has 0 N–H and O–H groups in total. The lowest BCUT2D eigenvalue weighted by Gasteiger charge is -2.28. The van der Waals surface area contributed by atoms with E-state index in [1.54, 1.807) is 12.1 Å². The van der Waals surface area contributed by atoms with E-state index in [1.807, 2.05) is 19.1 Å². The van der Waals surface area contributed by atoms with Crippen LogP contribution in [0.15, 0.2) is 29.2 Å². The summed E-state index contributed by atoms with van der Waals surface area (Å²) in [5, 5.41) is 10.4. The number of nitrogens with zero attached hydrogens (tertiary/aromatic N) is 1. The van der Waals surface area contributed by atoms with Crippen LogP contribution in [0.3, 0.4) is 0 Å². The highest BCUT2D eigenvalue weighted by atomic mass is 32.2. The highest BCUT2D eigenvalue weighted by molar-refractivity contribution is 8.05. The van der Waals surface area contributed by atoms with Crippen molar-refractivity contribution in [3.05, 3.63) is 29.8 Å². The van der Waals surface area contributed by atoms with Gasteiger partial charge in [0.05, 0.1) is 10.1 Å². The lowest BCUT2D eigenvalue weighted by molar-refractivity contribution is 0.494. The van der Waals surface area contributed by atoms with Crippen LogP contribution in [-0.4, -0.2) is 18.9 Å². The molecule has 1 aromatic carbocycles. The number of benzene rings is 1. The maximum absolute atomic E-state index is 12.7. The second kappa shape index (κ2) is 5.98. The van der Waals surface area contributed by atoms with Gasteiger partial charge >= 0.3 is 0 Å². The van der Waals surface area contributed by atoms with Gasteiger partial charge in [-0.1, -0.05) is 30.5 Å². The summed E-state index contributed by atoms with van der Waals surface area (Å²) in [6.45, 7) is 1.94. The third-order valence-electron chi connectivity index (χ3n) is 3.59. The Bertz CT molecular complexity index is 572. The van der Waals surface area contributed by atoms with Gasteiger partial charge < -0.3 is 0 Å². The van der Waals surface area contributed by atoms with E-state index >= 15 is 0 Å². The van der Waals surface area contributed by atoms with Crippen molar-refractivity contribution in [2.45, 2.75) is 48.0 Å². The molecule has 1 aromatic rings. The van der Waals surface area contributed by atoms with E-state index in [-0.39, 0.29) is 5.25 Å². The zero-order valence-electron chi connectivity index (χ0n) is 10.9. The molecule has 0 amide bonds. The Balaban J connectivity index is 2.32. The predicted molar refractivity (Wildman–Crippen MR) is 77.6 cm³/mol. The second-order valence-corrected chi connectivity index (χ2v) is 8.12. The fourth-order valence-electron chi connectivity index (χ4n) is 2.52. The van der Waals surface area contributed by atoms with Crippen molar-refractivity contribution in [2.75, 3.05) is 0 Å². The quantitative estimate of drug-likeness (QED) is 0.803. The Kier molecular flexibility index (Phi) is 4.54. The summed E-state index contributed by atoms with van der Waals surface area (Å²) >= 11 is 1.11. The highest BCUT2D eigenvalue weighted by Crippen LogP contribution is 2.35. The molecule has 0 bridgehead atoms. The first-order valence-electron chi connectivity index (χ1n) is 6.41. The average Bonchev–Trinajstić information content (AvgIpc) is 2.40. The summed E-state index contributed by atoms with van der Waals surface area (Å²) in [4.78, 5) is 0.383. The van der Waals surface area contributed by atoms with Gasteiger partial charge in [-0.2, -0.15) is 5.26 Å². The van der Waals surface area contributed by atoms with E-state index in [2.05, 4.69) is 5.40 Å². The zero-order valence-corrected chi connectivity index (χ0v) is 12.5. The number of sulfone groups is 1. The van der Waals surface area contributed by atoms with E-state index in [4.69, 9.17) is 5.26 Å². The number of thiocyanates is 1. The monoisotopic (exact) mass is 295 g/mol. The molecule has 102 valence electrons. The van der Waals surface area contributed by atoms with E-state index < -0.39 is 15.1 Å². The maximum Gasteiger partial charge on any atom is 0.182 e. The topological polar surface area (TPSA) is 57.9 Å². The van der Waals surface area contributed by atoms with Gasteiger partial charge in [0, 0.05) is 5.25 Å². The molecule has 0 saturated heterocycles. The minimum absolute atomic E-state index is 0.0925. The Labute approximate surface area is 118 Å². The van der Waals surface area contributed by atoms with Crippen molar-refractivity contribution >= 4 is 21.6 Å². The van der Waals surface area contributed by atoms with E-state index in [0.717, 1.165) is 36.6 Å². The van der Waals surface area contributed by atoms with Crippen LogP contribution < -0.4 is 0 Å². The first-order chi connectivity index (χ1) is 9.05. The average molecular weight is 295 g/mol. The zero-order chi connectivity index (χ0) is 13.9. The van der Waals surface area contributed by atoms with E-state index in [9.17, 15) is 8.42 Å². The van der Waals surface area contributed by atoms with Gasteiger partial charge in [0.25, 0.3) is 0 Å². The van der Waals surface area contributed by atoms with Crippen LogP contribution in [0.1, 0.15) is 31.2 Å². The van der Waals surface area contributed by atoms with Gasteiger partial charge in [-0.05, 0) is 43.7 Å². The Morgan fingerprint density at radius 3 is 2.47 bits per heavy atom. The Hall–Kier alpha value is -0.990. The molecule has 2 unspecified atom stereocenters. The molecular weight excluding hydrogens is 278 g/mol. The largest absolute Gasteiger partial charge is 0.223 e. The summed E-state index contributed by atoms with van der Waals surface area (Å²) in [5.41, 5.74) is 1.05. The molecule has 19 heavy (non-hydrogen) atoms. The minimum atomic E-state index is -3.32. The minimum Gasteiger partial charge on any atom is -0.223 e. The Morgan fingerprint density at radius 2 is 1.84 bits per heavy atom. The molecule has 2 rings (SSSR count). The summed E-state index contributed by atoms with van der Waals surface area (Å²) in [7, 11) is -3.32. The third-order valence-corrected chi connectivity index (χ3v) is 7.03. The van der Waals surface area contributed by atoms with Crippen LogP contribution >= 0.6 is 11.8 Å².